The Bertz CT molecular complexity index is 307. The minimum atomic E-state index is 0.662. The van der Waals surface area contributed by atoms with Crippen molar-refractivity contribution in [1.82, 2.24) is 4.98 Å². The van der Waals surface area contributed by atoms with Gasteiger partial charge in [-0.25, -0.2) is 4.98 Å². The zero-order chi connectivity index (χ0) is 10.7. The van der Waals surface area contributed by atoms with Crippen LogP contribution >= 0.6 is 0 Å². The molecule has 1 aromatic heterocycles. The Morgan fingerprint density at radius 3 is 3.00 bits per heavy atom. The highest BCUT2D eigenvalue weighted by Gasteiger charge is 2.21. The summed E-state index contributed by atoms with van der Waals surface area (Å²) in [6.07, 6.45) is 6.87. The van der Waals surface area contributed by atoms with Gasteiger partial charge in [-0.05, 0) is 37.8 Å². The van der Waals surface area contributed by atoms with Crippen LogP contribution in [-0.4, -0.2) is 17.6 Å². The van der Waals surface area contributed by atoms with Crippen LogP contribution in [0.1, 0.15) is 32.6 Å². The first-order chi connectivity index (χ1) is 7.31. The van der Waals surface area contributed by atoms with E-state index in [2.05, 4.69) is 16.8 Å². The number of hydrogen-bond acceptors (Lipinski definition) is 3. The van der Waals surface area contributed by atoms with Crippen molar-refractivity contribution in [2.45, 2.75) is 38.6 Å². The molecule has 1 saturated heterocycles. The van der Waals surface area contributed by atoms with Crippen molar-refractivity contribution < 1.29 is 0 Å². The molecule has 0 spiro atoms. The van der Waals surface area contributed by atoms with Crippen LogP contribution in [0.2, 0.25) is 0 Å². The predicted octanol–water partition coefficient (Wildman–Crippen LogP) is 2.43. The molecule has 82 valence electrons. The van der Waals surface area contributed by atoms with Gasteiger partial charge in [0, 0.05) is 12.6 Å². The number of aromatic nitrogens is 1. The highest BCUT2D eigenvalue weighted by Crippen LogP contribution is 2.24. The quantitative estimate of drug-likeness (QED) is 0.806. The molecule has 0 saturated carbocycles. The number of anilines is 2. The van der Waals surface area contributed by atoms with Crippen LogP contribution in [0, 0.1) is 0 Å². The molecule has 0 amide bonds. The van der Waals surface area contributed by atoms with E-state index in [1.54, 1.807) is 6.20 Å². The first kappa shape index (κ1) is 10.3. The molecule has 1 aromatic rings. The Morgan fingerprint density at radius 2 is 2.33 bits per heavy atom. The highest BCUT2D eigenvalue weighted by molar-refractivity contribution is 5.46. The Morgan fingerprint density at radius 1 is 1.47 bits per heavy atom. The Kier molecular flexibility index (Phi) is 3.09. The third-order valence-corrected chi connectivity index (χ3v) is 3.16. The third-order valence-electron chi connectivity index (χ3n) is 3.16. The molecule has 3 heteroatoms. The fourth-order valence-electron chi connectivity index (χ4n) is 2.29. The van der Waals surface area contributed by atoms with Crippen LogP contribution < -0.4 is 10.6 Å². The van der Waals surface area contributed by atoms with E-state index < -0.39 is 0 Å². The van der Waals surface area contributed by atoms with Gasteiger partial charge in [-0.1, -0.05) is 6.92 Å². The molecule has 2 heterocycles. The van der Waals surface area contributed by atoms with E-state index in [9.17, 15) is 0 Å². The molecule has 1 atom stereocenters. The lowest BCUT2D eigenvalue weighted by molar-refractivity contribution is 0.447. The average Bonchev–Trinajstić information content (AvgIpc) is 2.30. The first-order valence-electron chi connectivity index (χ1n) is 5.79. The van der Waals surface area contributed by atoms with Crippen molar-refractivity contribution >= 4 is 11.5 Å². The van der Waals surface area contributed by atoms with Crippen LogP contribution in [0.15, 0.2) is 18.3 Å². The summed E-state index contributed by atoms with van der Waals surface area (Å²) < 4.78 is 0. The van der Waals surface area contributed by atoms with Gasteiger partial charge < -0.3 is 10.6 Å². The van der Waals surface area contributed by atoms with E-state index in [0.29, 0.717) is 6.04 Å². The van der Waals surface area contributed by atoms with Gasteiger partial charge in [0.25, 0.3) is 0 Å². The van der Waals surface area contributed by atoms with Crippen molar-refractivity contribution in [2.75, 3.05) is 17.2 Å². The fraction of sp³-hybridized carbons (Fsp3) is 0.583. The molecule has 15 heavy (non-hydrogen) atoms. The lowest BCUT2D eigenvalue weighted by atomic mass is 10.00. The summed E-state index contributed by atoms with van der Waals surface area (Å²) in [6.45, 7) is 3.38. The molecule has 3 nitrogen and oxygen atoms in total. The number of rotatable bonds is 2. The highest BCUT2D eigenvalue weighted by atomic mass is 15.2. The third kappa shape index (κ3) is 2.22. The largest absolute Gasteiger partial charge is 0.397 e. The van der Waals surface area contributed by atoms with Gasteiger partial charge in [-0.3, -0.25) is 0 Å². The zero-order valence-electron chi connectivity index (χ0n) is 9.32. The smallest absolute Gasteiger partial charge is 0.128 e. The van der Waals surface area contributed by atoms with E-state index in [4.69, 9.17) is 5.73 Å². The summed E-state index contributed by atoms with van der Waals surface area (Å²) in [5.74, 6) is 1.08. The van der Waals surface area contributed by atoms with Gasteiger partial charge in [0.2, 0.25) is 0 Å². The number of nitrogens with zero attached hydrogens (tertiary/aromatic N) is 2. The summed E-state index contributed by atoms with van der Waals surface area (Å²) in [7, 11) is 0. The van der Waals surface area contributed by atoms with Crippen LogP contribution in [-0.2, 0) is 0 Å². The Balaban J connectivity index is 2.16. The van der Waals surface area contributed by atoms with Crippen LogP contribution in [0.25, 0.3) is 0 Å². The zero-order valence-corrected chi connectivity index (χ0v) is 9.32. The van der Waals surface area contributed by atoms with Crippen LogP contribution in [0.5, 0.6) is 0 Å². The Hall–Kier alpha value is -1.25. The normalized spacial score (nSPS) is 21.7. The maximum absolute atomic E-state index is 5.64. The van der Waals surface area contributed by atoms with Gasteiger partial charge >= 0.3 is 0 Å². The number of piperidine rings is 1. The minimum Gasteiger partial charge on any atom is -0.397 e. The second kappa shape index (κ2) is 4.51. The second-order valence-corrected chi connectivity index (χ2v) is 4.20. The summed E-state index contributed by atoms with van der Waals surface area (Å²) in [6, 6.07) is 4.63. The van der Waals surface area contributed by atoms with Crippen LogP contribution in [0.3, 0.4) is 0 Å². The maximum atomic E-state index is 5.64. The van der Waals surface area contributed by atoms with Gasteiger partial charge in [0.15, 0.2) is 0 Å². The van der Waals surface area contributed by atoms with Gasteiger partial charge in [-0.2, -0.15) is 0 Å². The monoisotopic (exact) mass is 205 g/mol. The molecule has 0 bridgehead atoms. The van der Waals surface area contributed by atoms with E-state index in [0.717, 1.165) is 18.1 Å². The van der Waals surface area contributed by atoms with Gasteiger partial charge in [0.1, 0.15) is 5.82 Å². The van der Waals surface area contributed by atoms with Crippen molar-refractivity contribution in [1.29, 1.82) is 0 Å². The summed E-state index contributed by atoms with van der Waals surface area (Å²) in [4.78, 5) is 6.82. The maximum Gasteiger partial charge on any atom is 0.128 e. The fourth-order valence-corrected chi connectivity index (χ4v) is 2.29. The molecule has 2 N–H and O–H groups in total. The van der Waals surface area contributed by atoms with Crippen molar-refractivity contribution in [3.63, 3.8) is 0 Å². The van der Waals surface area contributed by atoms with E-state index >= 15 is 0 Å². The molecular formula is C12H19N3. The molecule has 1 unspecified atom stereocenters. The van der Waals surface area contributed by atoms with Crippen molar-refractivity contribution in [2.24, 2.45) is 0 Å². The molecular weight excluding hydrogens is 186 g/mol. The van der Waals surface area contributed by atoms with E-state index in [1.165, 1.54) is 25.7 Å². The lowest BCUT2D eigenvalue weighted by Gasteiger charge is -2.36. The van der Waals surface area contributed by atoms with E-state index in [1.807, 2.05) is 12.1 Å². The van der Waals surface area contributed by atoms with Crippen molar-refractivity contribution in [3.8, 4) is 0 Å². The molecule has 0 aromatic carbocycles. The summed E-state index contributed by atoms with van der Waals surface area (Å²) in [5, 5.41) is 0. The first-order valence-corrected chi connectivity index (χ1v) is 5.79. The van der Waals surface area contributed by atoms with E-state index in [-0.39, 0.29) is 0 Å². The van der Waals surface area contributed by atoms with Gasteiger partial charge in [0.05, 0.1) is 11.9 Å². The summed E-state index contributed by atoms with van der Waals surface area (Å²) in [5.41, 5.74) is 6.38. The summed E-state index contributed by atoms with van der Waals surface area (Å²) >= 11 is 0. The Labute approximate surface area is 91.3 Å². The standard InChI is InChI=1S/C12H19N3/c1-2-11-5-3-4-8-15(11)12-7-6-10(13)9-14-12/h6-7,9,11H,2-5,8,13H2,1H3. The molecule has 0 radical (unpaired) electrons. The second-order valence-electron chi connectivity index (χ2n) is 4.20. The van der Waals surface area contributed by atoms with Crippen LogP contribution in [0.4, 0.5) is 11.5 Å². The number of pyridine rings is 1. The van der Waals surface area contributed by atoms with Gasteiger partial charge in [-0.15, -0.1) is 0 Å². The topological polar surface area (TPSA) is 42.1 Å². The number of nitrogen functional groups attached to an aromatic ring is 1. The number of hydrogen-bond donors (Lipinski definition) is 1. The SMILES string of the molecule is CCC1CCCCN1c1ccc(N)cn1. The molecule has 1 aliphatic heterocycles. The van der Waals surface area contributed by atoms with Crippen molar-refractivity contribution in [3.05, 3.63) is 18.3 Å². The minimum absolute atomic E-state index is 0.662. The molecule has 1 fully saturated rings. The predicted molar refractivity (Wildman–Crippen MR) is 63.9 cm³/mol. The molecule has 2 rings (SSSR count). The lowest BCUT2D eigenvalue weighted by Crippen LogP contribution is -2.39. The molecule has 0 aliphatic carbocycles. The molecule has 1 aliphatic rings. The average molecular weight is 205 g/mol. The number of nitrogens with two attached hydrogens (primary N) is 1.